The highest BCUT2D eigenvalue weighted by Crippen LogP contribution is 2.15. The first-order chi connectivity index (χ1) is 8.60. The molecule has 1 atom stereocenters. The smallest absolute Gasteiger partial charge is 0.323 e. The molecule has 1 aromatic rings. The second-order valence-electron chi connectivity index (χ2n) is 3.98. The van der Waals surface area contributed by atoms with Crippen molar-refractivity contribution in [1.29, 1.82) is 0 Å². The highest BCUT2D eigenvalue weighted by atomic mass is 16.5. The molecular weight excluding hydrogens is 236 g/mol. The van der Waals surface area contributed by atoms with Crippen LogP contribution in [0.15, 0.2) is 0 Å². The predicted octanol–water partition coefficient (Wildman–Crippen LogP) is -0.505. The Labute approximate surface area is 105 Å². The summed E-state index contributed by atoms with van der Waals surface area (Å²) in [6.07, 6.45) is 0.713. The van der Waals surface area contributed by atoms with E-state index in [0.717, 1.165) is 6.54 Å². The second-order valence-corrected chi connectivity index (χ2v) is 3.98. The van der Waals surface area contributed by atoms with Crippen molar-refractivity contribution in [3.8, 4) is 6.01 Å². The van der Waals surface area contributed by atoms with Crippen LogP contribution in [0.2, 0.25) is 0 Å². The van der Waals surface area contributed by atoms with Crippen molar-refractivity contribution in [2.24, 2.45) is 0 Å². The fourth-order valence-corrected chi connectivity index (χ4v) is 1.74. The van der Waals surface area contributed by atoms with Gasteiger partial charge < -0.3 is 20.7 Å². The molecule has 1 aliphatic heterocycles. The molecule has 0 saturated carbocycles. The van der Waals surface area contributed by atoms with Crippen LogP contribution in [-0.4, -0.2) is 52.0 Å². The van der Waals surface area contributed by atoms with E-state index >= 15 is 0 Å². The van der Waals surface area contributed by atoms with Gasteiger partial charge in [-0.25, -0.2) is 0 Å². The first-order valence-electron chi connectivity index (χ1n) is 5.76. The summed E-state index contributed by atoms with van der Waals surface area (Å²) in [6, 6.07) is -0.155. The minimum atomic E-state index is -0.314. The van der Waals surface area contributed by atoms with Gasteiger partial charge in [0.2, 0.25) is 17.8 Å². The standard InChI is InChI=1S/C10H16N6O2/c1-3-18-10-14-8(11)13-9(15-10)12-6-4-5-16(2)7(6)17/h6H,3-5H2,1-2H3,(H3,11,12,13,14,15). The second kappa shape index (κ2) is 5.03. The molecule has 1 aromatic heterocycles. The molecule has 0 radical (unpaired) electrons. The first kappa shape index (κ1) is 12.3. The Morgan fingerprint density at radius 1 is 1.50 bits per heavy atom. The largest absolute Gasteiger partial charge is 0.464 e. The maximum atomic E-state index is 11.7. The number of rotatable bonds is 4. The van der Waals surface area contributed by atoms with Gasteiger partial charge in [-0.2, -0.15) is 15.0 Å². The number of hydrogen-bond acceptors (Lipinski definition) is 7. The fraction of sp³-hybridized carbons (Fsp3) is 0.600. The molecule has 2 heterocycles. The van der Waals surface area contributed by atoms with Crippen molar-refractivity contribution >= 4 is 17.8 Å². The molecule has 0 aromatic carbocycles. The lowest BCUT2D eigenvalue weighted by atomic mass is 10.2. The average Bonchev–Trinajstić information content (AvgIpc) is 2.61. The highest BCUT2D eigenvalue weighted by molar-refractivity contribution is 5.86. The molecule has 1 fully saturated rings. The van der Waals surface area contributed by atoms with E-state index in [1.165, 1.54) is 0 Å². The Morgan fingerprint density at radius 2 is 2.28 bits per heavy atom. The summed E-state index contributed by atoms with van der Waals surface area (Å²) in [4.78, 5) is 25.2. The number of carbonyl (C=O) groups excluding carboxylic acids is 1. The zero-order chi connectivity index (χ0) is 13.1. The molecule has 0 aliphatic carbocycles. The minimum Gasteiger partial charge on any atom is -0.464 e. The lowest BCUT2D eigenvalue weighted by Gasteiger charge is -2.12. The number of nitrogens with zero attached hydrogens (tertiary/aromatic N) is 4. The van der Waals surface area contributed by atoms with Gasteiger partial charge in [-0.1, -0.05) is 0 Å². The molecule has 18 heavy (non-hydrogen) atoms. The van der Waals surface area contributed by atoms with E-state index in [0.29, 0.717) is 13.0 Å². The third kappa shape index (κ3) is 2.58. The number of likely N-dealkylation sites (tertiary alicyclic amines) is 1. The number of amides is 1. The van der Waals surface area contributed by atoms with Gasteiger partial charge in [0.05, 0.1) is 6.61 Å². The SMILES string of the molecule is CCOc1nc(N)nc(NC2CCN(C)C2=O)n1. The molecular formula is C10H16N6O2. The number of nitrogens with one attached hydrogen (secondary N) is 1. The number of likely N-dealkylation sites (N-methyl/N-ethyl adjacent to an activating group) is 1. The quantitative estimate of drug-likeness (QED) is 0.743. The van der Waals surface area contributed by atoms with Crippen molar-refractivity contribution in [3.63, 3.8) is 0 Å². The average molecular weight is 252 g/mol. The molecule has 8 nitrogen and oxygen atoms in total. The molecule has 3 N–H and O–H groups in total. The Balaban J connectivity index is 2.11. The number of anilines is 2. The van der Waals surface area contributed by atoms with Crippen LogP contribution in [0.1, 0.15) is 13.3 Å². The van der Waals surface area contributed by atoms with Crippen LogP contribution in [0.3, 0.4) is 0 Å². The Kier molecular flexibility index (Phi) is 3.45. The number of carbonyl (C=O) groups is 1. The topological polar surface area (TPSA) is 106 Å². The van der Waals surface area contributed by atoms with Crippen LogP contribution >= 0.6 is 0 Å². The van der Waals surface area contributed by atoms with E-state index in [-0.39, 0.29) is 29.9 Å². The van der Waals surface area contributed by atoms with Crippen molar-refractivity contribution in [2.45, 2.75) is 19.4 Å². The summed E-state index contributed by atoms with van der Waals surface area (Å²) in [6.45, 7) is 2.98. The summed E-state index contributed by atoms with van der Waals surface area (Å²) in [5.74, 6) is 0.348. The number of nitrogens with two attached hydrogens (primary N) is 1. The lowest BCUT2D eigenvalue weighted by molar-refractivity contribution is -0.127. The molecule has 1 unspecified atom stereocenters. The molecule has 1 amide bonds. The molecule has 1 saturated heterocycles. The van der Waals surface area contributed by atoms with Crippen LogP contribution in [0.4, 0.5) is 11.9 Å². The van der Waals surface area contributed by atoms with E-state index in [1.807, 2.05) is 6.92 Å². The molecule has 1 aliphatic rings. The Morgan fingerprint density at radius 3 is 2.89 bits per heavy atom. The molecule has 0 spiro atoms. The van der Waals surface area contributed by atoms with E-state index in [9.17, 15) is 4.79 Å². The Bertz CT molecular complexity index is 452. The van der Waals surface area contributed by atoms with Crippen molar-refractivity contribution < 1.29 is 9.53 Å². The first-order valence-corrected chi connectivity index (χ1v) is 5.76. The normalized spacial score (nSPS) is 19.1. The number of nitrogen functional groups attached to an aromatic ring is 1. The minimum absolute atomic E-state index is 0.0203. The molecule has 2 rings (SSSR count). The van der Waals surface area contributed by atoms with Crippen molar-refractivity contribution in [2.75, 3.05) is 31.2 Å². The maximum Gasteiger partial charge on any atom is 0.323 e. The van der Waals surface area contributed by atoms with E-state index in [2.05, 4.69) is 20.3 Å². The third-order valence-electron chi connectivity index (χ3n) is 2.64. The highest BCUT2D eigenvalue weighted by Gasteiger charge is 2.29. The lowest BCUT2D eigenvalue weighted by Crippen LogP contribution is -2.31. The zero-order valence-electron chi connectivity index (χ0n) is 10.4. The van der Waals surface area contributed by atoms with Gasteiger partial charge in [0.25, 0.3) is 0 Å². The summed E-state index contributed by atoms with van der Waals surface area (Å²) < 4.78 is 5.16. The van der Waals surface area contributed by atoms with Crippen LogP contribution in [0.25, 0.3) is 0 Å². The number of aromatic nitrogens is 3. The fourth-order valence-electron chi connectivity index (χ4n) is 1.74. The van der Waals surface area contributed by atoms with Gasteiger partial charge >= 0.3 is 6.01 Å². The van der Waals surface area contributed by atoms with Gasteiger partial charge in [-0.15, -0.1) is 0 Å². The summed E-state index contributed by atoms with van der Waals surface area (Å²) in [5.41, 5.74) is 5.55. The van der Waals surface area contributed by atoms with E-state index < -0.39 is 0 Å². The summed E-state index contributed by atoms with van der Waals surface area (Å²) in [5, 5.41) is 2.95. The summed E-state index contributed by atoms with van der Waals surface area (Å²) >= 11 is 0. The van der Waals surface area contributed by atoms with Gasteiger partial charge in [0, 0.05) is 13.6 Å². The van der Waals surface area contributed by atoms with Crippen LogP contribution in [-0.2, 0) is 4.79 Å². The number of ether oxygens (including phenoxy) is 1. The summed E-state index contributed by atoms with van der Waals surface area (Å²) in [7, 11) is 1.76. The zero-order valence-corrected chi connectivity index (χ0v) is 10.4. The van der Waals surface area contributed by atoms with Crippen LogP contribution in [0.5, 0.6) is 6.01 Å². The van der Waals surface area contributed by atoms with Gasteiger partial charge in [0.1, 0.15) is 6.04 Å². The molecule has 98 valence electrons. The van der Waals surface area contributed by atoms with E-state index in [4.69, 9.17) is 10.5 Å². The third-order valence-corrected chi connectivity index (χ3v) is 2.64. The Hall–Kier alpha value is -2.12. The number of hydrogen-bond donors (Lipinski definition) is 2. The monoisotopic (exact) mass is 252 g/mol. The van der Waals surface area contributed by atoms with Gasteiger partial charge in [0.15, 0.2) is 0 Å². The van der Waals surface area contributed by atoms with Crippen LogP contribution in [0, 0.1) is 0 Å². The van der Waals surface area contributed by atoms with E-state index in [1.54, 1.807) is 11.9 Å². The van der Waals surface area contributed by atoms with Gasteiger partial charge in [-0.3, -0.25) is 4.79 Å². The predicted molar refractivity (Wildman–Crippen MR) is 65.1 cm³/mol. The maximum absolute atomic E-state index is 11.7. The van der Waals surface area contributed by atoms with Crippen LogP contribution < -0.4 is 15.8 Å². The van der Waals surface area contributed by atoms with Crippen molar-refractivity contribution in [3.05, 3.63) is 0 Å². The van der Waals surface area contributed by atoms with Gasteiger partial charge in [-0.05, 0) is 13.3 Å². The molecule has 0 bridgehead atoms. The van der Waals surface area contributed by atoms with Crippen molar-refractivity contribution in [1.82, 2.24) is 19.9 Å². The molecule has 8 heteroatoms.